The first-order valence-corrected chi connectivity index (χ1v) is 4.93. The maximum absolute atomic E-state index is 13.2. The van der Waals surface area contributed by atoms with Gasteiger partial charge in [0.05, 0.1) is 24.2 Å². The van der Waals surface area contributed by atoms with Gasteiger partial charge in [0.1, 0.15) is 5.15 Å². The zero-order valence-electron chi connectivity index (χ0n) is 8.39. The number of anilines is 1. The SMILES string of the molecule is O=C(Nc1cnc(Cl)cn1)c1ccncc1F. The first-order chi connectivity index (χ1) is 8.16. The minimum absolute atomic E-state index is 0.114. The number of carbonyl (C=O) groups is 1. The summed E-state index contributed by atoms with van der Waals surface area (Å²) in [7, 11) is 0. The van der Waals surface area contributed by atoms with E-state index < -0.39 is 11.7 Å². The number of amides is 1. The Balaban J connectivity index is 2.17. The first kappa shape index (κ1) is 11.4. The number of carbonyl (C=O) groups excluding carboxylic acids is 1. The Morgan fingerprint density at radius 3 is 2.76 bits per heavy atom. The van der Waals surface area contributed by atoms with Crippen LogP contribution in [0.15, 0.2) is 30.9 Å². The minimum atomic E-state index is -0.702. The molecule has 17 heavy (non-hydrogen) atoms. The predicted octanol–water partition coefficient (Wildman–Crippen LogP) is 1.92. The predicted molar refractivity (Wildman–Crippen MR) is 59.2 cm³/mol. The van der Waals surface area contributed by atoms with Crippen molar-refractivity contribution in [3.8, 4) is 0 Å². The highest BCUT2D eigenvalue weighted by Crippen LogP contribution is 2.09. The molecule has 0 radical (unpaired) electrons. The van der Waals surface area contributed by atoms with Gasteiger partial charge in [-0.2, -0.15) is 0 Å². The van der Waals surface area contributed by atoms with Crippen LogP contribution in [0.2, 0.25) is 5.15 Å². The molecule has 0 aliphatic rings. The molecule has 2 heterocycles. The van der Waals surface area contributed by atoms with Crippen LogP contribution in [0.4, 0.5) is 10.2 Å². The molecule has 5 nitrogen and oxygen atoms in total. The van der Waals surface area contributed by atoms with Crippen molar-refractivity contribution in [2.75, 3.05) is 5.32 Å². The molecule has 0 bridgehead atoms. The van der Waals surface area contributed by atoms with Crippen molar-refractivity contribution in [1.82, 2.24) is 15.0 Å². The second kappa shape index (κ2) is 4.84. The molecule has 7 heteroatoms. The Morgan fingerprint density at radius 1 is 1.29 bits per heavy atom. The molecule has 0 unspecified atom stereocenters. The molecule has 0 aliphatic heterocycles. The van der Waals surface area contributed by atoms with E-state index in [1.165, 1.54) is 24.7 Å². The molecule has 0 spiro atoms. The lowest BCUT2D eigenvalue weighted by Crippen LogP contribution is -2.14. The van der Waals surface area contributed by atoms with Gasteiger partial charge in [0.15, 0.2) is 11.6 Å². The van der Waals surface area contributed by atoms with Gasteiger partial charge in [0, 0.05) is 6.20 Å². The van der Waals surface area contributed by atoms with Crippen LogP contribution in [0, 0.1) is 5.82 Å². The lowest BCUT2D eigenvalue weighted by Gasteiger charge is -2.04. The molecule has 0 fully saturated rings. The maximum atomic E-state index is 13.2. The summed E-state index contributed by atoms with van der Waals surface area (Å²) in [5.41, 5.74) is -0.114. The largest absolute Gasteiger partial charge is 0.305 e. The number of nitrogens with one attached hydrogen (secondary N) is 1. The Bertz CT molecular complexity index is 546. The van der Waals surface area contributed by atoms with E-state index in [0.29, 0.717) is 0 Å². The highest BCUT2D eigenvalue weighted by atomic mass is 35.5. The van der Waals surface area contributed by atoms with E-state index >= 15 is 0 Å². The second-order valence-corrected chi connectivity index (χ2v) is 3.42. The number of rotatable bonds is 2. The molecule has 0 atom stereocenters. The van der Waals surface area contributed by atoms with Crippen molar-refractivity contribution in [2.45, 2.75) is 0 Å². The average molecular weight is 253 g/mol. The third-order valence-electron chi connectivity index (χ3n) is 1.88. The van der Waals surface area contributed by atoms with Crippen LogP contribution in [-0.4, -0.2) is 20.9 Å². The summed E-state index contributed by atoms with van der Waals surface area (Å²) in [5.74, 6) is -1.14. The van der Waals surface area contributed by atoms with Gasteiger partial charge < -0.3 is 5.32 Å². The van der Waals surface area contributed by atoms with Gasteiger partial charge in [-0.25, -0.2) is 14.4 Å². The van der Waals surface area contributed by atoms with Crippen LogP contribution < -0.4 is 5.32 Å². The molecular formula is C10H6ClFN4O. The molecule has 0 saturated carbocycles. The van der Waals surface area contributed by atoms with E-state index in [4.69, 9.17) is 11.6 Å². The third kappa shape index (κ3) is 2.73. The van der Waals surface area contributed by atoms with Crippen LogP contribution in [0.3, 0.4) is 0 Å². The molecule has 2 aromatic rings. The molecule has 2 aromatic heterocycles. The minimum Gasteiger partial charge on any atom is -0.305 e. The summed E-state index contributed by atoms with van der Waals surface area (Å²) in [4.78, 5) is 22.7. The van der Waals surface area contributed by atoms with Crippen LogP contribution in [0.25, 0.3) is 0 Å². The number of halogens is 2. The molecule has 1 N–H and O–H groups in total. The van der Waals surface area contributed by atoms with E-state index in [1.807, 2.05) is 0 Å². The summed E-state index contributed by atoms with van der Waals surface area (Å²) < 4.78 is 13.2. The van der Waals surface area contributed by atoms with Gasteiger partial charge >= 0.3 is 0 Å². The summed E-state index contributed by atoms with van der Waals surface area (Å²) >= 11 is 5.54. The summed E-state index contributed by atoms with van der Waals surface area (Å²) in [6, 6.07) is 1.27. The van der Waals surface area contributed by atoms with E-state index in [9.17, 15) is 9.18 Å². The van der Waals surface area contributed by atoms with Crippen LogP contribution in [0.1, 0.15) is 10.4 Å². The normalized spacial score (nSPS) is 10.0. The highest BCUT2D eigenvalue weighted by molar-refractivity contribution is 6.29. The van der Waals surface area contributed by atoms with E-state index in [2.05, 4.69) is 20.3 Å². The lowest BCUT2D eigenvalue weighted by molar-refractivity contribution is 0.102. The number of pyridine rings is 1. The second-order valence-electron chi connectivity index (χ2n) is 3.03. The maximum Gasteiger partial charge on any atom is 0.259 e. The molecular weight excluding hydrogens is 247 g/mol. The molecule has 86 valence electrons. The van der Waals surface area contributed by atoms with Gasteiger partial charge in [0.2, 0.25) is 0 Å². The van der Waals surface area contributed by atoms with Gasteiger partial charge in [0.25, 0.3) is 5.91 Å². The molecule has 1 amide bonds. The third-order valence-corrected chi connectivity index (χ3v) is 2.07. The van der Waals surface area contributed by atoms with Crippen LogP contribution in [-0.2, 0) is 0 Å². The summed E-state index contributed by atoms with van der Waals surface area (Å²) in [6.45, 7) is 0. The van der Waals surface area contributed by atoms with E-state index in [0.717, 1.165) is 6.20 Å². The average Bonchev–Trinajstić information content (AvgIpc) is 2.32. The topological polar surface area (TPSA) is 67.8 Å². The number of aromatic nitrogens is 3. The van der Waals surface area contributed by atoms with Gasteiger partial charge in [-0.1, -0.05) is 11.6 Å². The van der Waals surface area contributed by atoms with Crippen molar-refractivity contribution in [3.63, 3.8) is 0 Å². The molecule has 0 saturated heterocycles. The quantitative estimate of drug-likeness (QED) is 0.887. The fourth-order valence-electron chi connectivity index (χ4n) is 1.12. The van der Waals surface area contributed by atoms with E-state index in [-0.39, 0.29) is 16.5 Å². The van der Waals surface area contributed by atoms with Crippen LogP contribution in [0.5, 0.6) is 0 Å². The molecule has 0 aromatic carbocycles. The fourth-order valence-corrected chi connectivity index (χ4v) is 1.22. The van der Waals surface area contributed by atoms with Crippen molar-refractivity contribution >= 4 is 23.3 Å². The number of hydrogen-bond acceptors (Lipinski definition) is 4. The number of hydrogen-bond donors (Lipinski definition) is 1. The fraction of sp³-hybridized carbons (Fsp3) is 0. The molecule has 0 aliphatic carbocycles. The first-order valence-electron chi connectivity index (χ1n) is 4.55. The standard InChI is InChI=1S/C10H6ClFN4O/c11-8-4-15-9(5-14-8)16-10(17)6-1-2-13-3-7(6)12/h1-5H,(H,15,16,17). The summed E-state index contributed by atoms with van der Waals surface area (Å²) in [5, 5.41) is 2.59. The Kier molecular flexibility index (Phi) is 3.24. The van der Waals surface area contributed by atoms with Crippen molar-refractivity contribution in [3.05, 3.63) is 47.4 Å². The Hall–Kier alpha value is -2.08. The van der Waals surface area contributed by atoms with Gasteiger partial charge in [-0.3, -0.25) is 9.78 Å². The number of nitrogens with zero attached hydrogens (tertiary/aromatic N) is 3. The smallest absolute Gasteiger partial charge is 0.259 e. The zero-order chi connectivity index (χ0) is 12.3. The Labute approximate surface area is 101 Å². The highest BCUT2D eigenvalue weighted by Gasteiger charge is 2.11. The van der Waals surface area contributed by atoms with Crippen molar-refractivity contribution in [2.24, 2.45) is 0 Å². The summed E-state index contributed by atoms with van der Waals surface area (Å²) in [6.07, 6.45) is 4.84. The lowest BCUT2D eigenvalue weighted by atomic mass is 10.2. The van der Waals surface area contributed by atoms with Crippen molar-refractivity contribution < 1.29 is 9.18 Å². The Morgan fingerprint density at radius 2 is 2.12 bits per heavy atom. The van der Waals surface area contributed by atoms with Gasteiger partial charge in [-0.05, 0) is 6.07 Å². The zero-order valence-corrected chi connectivity index (χ0v) is 9.15. The van der Waals surface area contributed by atoms with E-state index in [1.54, 1.807) is 0 Å². The van der Waals surface area contributed by atoms with Crippen LogP contribution >= 0.6 is 11.6 Å². The monoisotopic (exact) mass is 252 g/mol. The van der Waals surface area contributed by atoms with Gasteiger partial charge in [-0.15, -0.1) is 0 Å². The van der Waals surface area contributed by atoms with Crippen molar-refractivity contribution in [1.29, 1.82) is 0 Å². The molecule has 2 rings (SSSR count).